The molecule has 6 heteroatoms. The van der Waals surface area contributed by atoms with Crippen molar-refractivity contribution in [1.82, 2.24) is 9.80 Å². The van der Waals surface area contributed by atoms with E-state index < -0.39 is 5.60 Å². The minimum absolute atomic E-state index is 0.00287. The van der Waals surface area contributed by atoms with Crippen molar-refractivity contribution in [1.29, 1.82) is 0 Å². The zero-order valence-corrected chi connectivity index (χ0v) is 16.4. The Hall–Kier alpha value is -2.08. The molecule has 1 unspecified atom stereocenters. The van der Waals surface area contributed by atoms with Crippen LogP contribution < -0.4 is 4.74 Å². The molecule has 0 N–H and O–H groups in total. The maximum atomic E-state index is 13.4. The van der Waals surface area contributed by atoms with Crippen molar-refractivity contribution in [2.24, 2.45) is 0 Å². The number of hydrogen-bond acceptors (Lipinski definition) is 4. The first-order valence-corrected chi connectivity index (χ1v) is 9.95. The molecule has 1 aromatic rings. The Balaban J connectivity index is 1.83. The first kappa shape index (κ1) is 19.7. The third kappa shape index (κ3) is 4.43. The summed E-state index contributed by atoms with van der Waals surface area (Å²) in [7, 11) is 0. The molecular formula is C21H30N2O4. The number of hydrogen-bond donors (Lipinski definition) is 0. The van der Waals surface area contributed by atoms with Crippen LogP contribution in [0.25, 0.3) is 0 Å². The van der Waals surface area contributed by atoms with E-state index in [1.807, 2.05) is 25.1 Å². The standard InChI is InChI=1S/C21H30N2O4/c1-3-22-12-14-26-19-10-5-4-8-18(19)9-6-7-11-21(20(22)25)16-23(17(2)24)13-15-27-21/h4-5,8,10H,3,6-7,9,11-16H2,1-2H3. The van der Waals surface area contributed by atoms with Crippen LogP contribution in [0.3, 0.4) is 0 Å². The van der Waals surface area contributed by atoms with E-state index in [4.69, 9.17) is 9.47 Å². The molecule has 0 radical (unpaired) electrons. The third-order valence-electron chi connectivity index (χ3n) is 5.56. The molecule has 1 aromatic carbocycles. The van der Waals surface area contributed by atoms with E-state index >= 15 is 0 Å². The minimum atomic E-state index is -0.932. The number of likely N-dealkylation sites (N-methyl/N-ethyl adjacent to an activating group) is 1. The number of carbonyl (C=O) groups excluding carboxylic acids is 2. The first-order valence-electron chi connectivity index (χ1n) is 9.95. The molecule has 2 amide bonds. The lowest BCUT2D eigenvalue weighted by Crippen LogP contribution is -2.61. The Morgan fingerprint density at radius 1 is 1.19 bits per heavy atom. The second kappa shape index (κ2) is 8.74. The summed E-state index contributed by atoms with van der Waals surface area (Å²) < 4.78 is 12.1. The molecule has 2 aliphatic rings. The van der Waals surface area contributed by atoms with Gasteiger partial charge in [0.15, 0.2) is 5.60 Å². The Bertz CT molecular complexity index is 678. The van der Waals surface area contributed by atoms with Gasteiger partial charge < -0.3 is 19.3 Å². The number of nitrogens with zero attached hydrogens (tertiary/aromatic N) is 2. The molecule has 0 aromatic heterocycles. The van der Waals surface area contributed by atoms with Crippen LogP contribution >= 0.6 is 0 Å². The molecule has 3 rings (SSSR count). The number of para-hydroxylation sites is 1. The van der Waals surface area contributed by atoms with Crippen molar-refractivity contribution in [2.45, 2.75) is 45.1 Å². The van der Waals surface area contributed by atoms with Gasteiger partial charge in [0.25, 0.3) is 5.91 Å². The second-order valence-electron chi connectivity index (χ2n) is 7.33. The summed E-state index contributed by atoms with van der Waals surface area (Å²) in [5.74, 6) is 0.887. The van der Waals surface area contributed by atoms with Crippen LogP contribution in [0.4, 0.5) is 0 Å². The number of carbonyl (C=O) groups is 2. The van der Waals surface area contributed by atoms with Crippen LogP contribution in [-0.4, -0.2) is 66.6 Å². The van der Waals surface area contributed by atoms with Crippen LogP contribution in [-0.2, 0) is 20.7 Å². The highest BCUT2D eigenvalue weighted by Crippen LogP contribution is 2.29. The van der Waals surface area contributed by atoms with Gasteiger partial charge in [0, 0.05) is 20.0 Å². The summed E-state index contributed by atoms with van der Waals surface area (Å²) in [5, 5.41) is 0. The van der Waals surface area contributed by atoms with E-state index in [0.29, 0.717) is 45.8 Å². The predicted octanol–water partition coefficient (Wildman–Crippen LogP) is 2.26. The van der Waals surface area contributed by atoms with Gasteiger partial charge in [-0.15, -0.1) is 0 Å². The van der Waals surface area contributed by atoms with Gasteiger partial charge >= 0.3 is 0 Å². The van der Waals surface area contributed by atoms with Crippen LogP contribution in [0, 0.1) is 0 Å². The van der Waals surface area contributed by atoms with Crippen molar-refractivity contribution in [2.75, 3.05) is 39.4 Å². The summed E-state index contributed by atoms with van der Waals surface area (Å²) in [6.45, 7) is 6.37. The van der Waals surface area contributed by atoms with Crippen molar-refractivity contribution >= 4 is 11.8 Å². The molecule has 27 heavy (non-hydrogen) atoms. The molecule has 148 valence electrons. The van der Waals surface area contributed by atoms with E-state index in [9.17, 15) is 9.59 Å². The van der Waals surface area contributed by atoms with E-state index in [-0.39, 0.29) is 11.8 Å². The predicted molar refractivity (Wildman–Crippen MR) is 103 cm³/mol. The van der Waals surface area contributed by atoms with Crippen LogP contribution in [0.5, 0.6) is 5.75 Å². The fourth-order valence-electron chi connectivity index (χ4n) is 3.97. The first-order chi connectivity index (χ1) is 13.1. The SMILES string of the molecule is CCN1CCOc2ccccc2CCCCC2(CN(C(C)=O)CCO2)C1=O. The molecule has 1 fully saturated rings. The van der Waals surface area contributed by atoms with Gasteiger partial charge in [0.1, 0.15) is 12.4 Å². The highest BCUT2D eigenvalue weighted by atomic mass is 16.5. The molecule has 2 heterocycles. The Morgan fingerprint density at radius 2 is 2.00 bits per heavy atom. The summed E-state index contributed by atoms with van der Waals surface area (Å²) >= 11 is 0. The van der Waals surface area contributed by atoms with E-state index in [0.717, 1.165) is 25.0 Å². The van der Waals surface area contributed by atoms with Crippen LogP contribution in [0.15, 0.2) is 24.3 Å². The molecule has 0 bridgehead atoms. The maximum Gasteiger partial charge on any atom is 0.256 e. The number of rotatable bonds is 1. The summed E-state index contributed by atoms with van der Waals surface area (Å²) in [6.07, 6.45) is 3.36. The highest BCUT2D eigenvalue weighted by molar-refractivity contribution is 5.87. The zero-order chi connectivity index (χ0) is 19.3. The van der Waals surface area contributed by atoms with Gasteiger partial charge in [-0.2, -0.15) is 0 Å². The average molecular weight is 374 g/mol. The van der Waals surface area contributed by atoms with Crippen molar-refractivity contribution in [3.8, 4) is 5.75 Å². The lowest BCUT2D eigenvalue weighted by Gasteiger charge is -2.43. The molecule has 6 nitrogen and oxygen atoms in total. The molecule has 0 saturated carbocycles. The maximum absolute atomic E-state index is 13.4. The smallest absolute Gasteiger partial charge is 0.256 e. The van der Waals surface area contributed by atoms with Gasteiger partial charge in [-0.05, 0) is 44.2 Å². The molecule has 1 atom stereocenters. The number of amides is 2. The Kier molecular flexibility index (Phi) is 6.37. The number of fused-ring (bicyclic) bond motifs is 1. The number of ether oxygens (including phenoxy) is 2. The van der Waals surface area contributed by atoms with Crippen LogP contribution in [0.1, 0.15) is 38.7 Å². The third-order valence-corrected chi connectivity index (χ3v) is 5.56. The van der Waals surface area contributed by atoms with E-state index in [1.54, 1.807) is 16.7 Å². The molecule has 1 saturated heterocycles. The van der Waals surface area contributed by atoms with Crippen molar-refractivity contribution in [3.05, 3.63) is 29.8 Å². The van der Waals surface area contributed by atoms with Crippen molar-refractivity contribution < 1.29 is 19.1 Å². The number of morpholine rings is 1. The fraction of sp³-hybridized carbons (Fsp3) is 0.619. The molecule has 0 aliphatic carbocycles. The Labute approximate surface area is 161 Å². The fourth-order valence-corrected chi connectivity index (χ4v) is 3.97. The minimum Gasteiger partial charge on any atom is -0.491 e. The summed E-state index contributed by atoms with van der Waals surface area (Å²) in [4.78, 5) is 28.9. The Morgan fingerprint density at radius 3 is 2.78 bits per heavy atom. The topological polar surface area (TPSA) is 59.1 Å². The molecule has 2 aliphatic heterocycles. The zero-order valence-electron chi connectivity index (χ0n) is 16.4. The lowest BCUT2D eigenvalue weighted by atomic mass is 9.91. The molecular weight excluding hydrogens is 344 g/mol. The largest absolute Gasteiger partial charge is 0.491 e. The van der Waals surface area contributed by atoms with Crippen LogP contribution in [0.2, 0.25) is 0 Å². The second-order valence-corrected chi connectivity index (χ2v) is 7.33. The van der Waals surface area contributed by atoms with Gasteiger partial charge in [0.05, 0.1) is 19.7 Å². The van der Waals surface area contributed by atoms with Gasteiger partial charge in [-0.1, -0.05) is 18.2 Å². The highest BCUT2D eigenvalue weighted by Gasteiger charge is 2.45. The quantitative estimate of drug-likeness (QED) is 0.757. The average Bonchev–Trinajstić information content (AvgIpc) is 2.68. The van der Waals surface area contributed by atoms with Gasteiger partial charge in [-0.3, -0.25) is 9.59 Å². The van der Waals surface area contributed by atoms with Gasteiger partial charge in [0.2, 0.25) is 5.91 Å². The van der Waals surface area contributed by atoms with E-state index in [1.165, 1.54) is 5.56 Å². The number of aryl methyl sites for hydroxylation is 1. The van der Waals surface area contributed by atoms with Crippen molar-refractivity contribution in [3.63, 3.8) is 0 Å². The number of benzene rings is 1. The lowest BCUT2D eigenvalue weighted by molar-refractivity contribution is -0.176. The monoisotopic (exact) mass is 374 g/mol. The summed E-state index contributed by atoms with van der Waals surface area (Å²) in [6, 6.07) is 8.12. The molecule has 1 spiro atoms. The van der Waals surface area contributed by atoms with E-state index in [2.05, 4.69) is 6.07 Å². The normalized spacial score (nSPS) is 24.6. The van der Waals surface area contributed by atoms with Gasteiger partial charge in [-0.25, -0.2) is 0 Å². The summed E-state index contributed by atoms with van der Waals surface area (Å²) in [5.41, 5.74) is 0.273.